The number of morpholine rings is 2. The number of halogens is 1. The van der Waals surface area contributed by atoms with E-state index in [9.17, 15) is 17.6 Å². The number of benzene rings is 2. The number of amides is 1. The quantitative estimate of drug-likeness (QED) is 0.632. The van der Waals surface area contributed by atoms with Crippen molar-refractivity contribution in [2.45, 2.75) is 17.9 Å². The molecule has 1 N–H and O–H groups in total. The Kier molecular flexibility index (Phi) is 7.67. The molecule has 0 spiro atoms. The topological polar surface area (TPSA) is 97.4 Å². The lowest BCUT2D eigenvalue weighted by molar-refractivity contribution is -0.136. The van der Waals surface area contributed by atoms with E-state index in [1.54, 1.807) is 4.90 Å². The summed E-state index contributed by atoms with van der Waals surface area (Å²) in [5.74, 6) is 0.157. The Morgan fingerprint density at radius 3 is 2.56 bits per heavy atom. The normalized spacial score (nSPS) is 19.6. The predicted octanol–water partition coefficient (Wildman–Crippen LogP) is 2.30. The second kappa shape index (κ2) is 10.7. The van der Waals surface area contributed by atoms with E-state index in [2.05, 4.69) is 5.32 Å². The molecule has 34 heavy (non-hydrogen) atoms. The van der Waals surface area contributed by atoms with Gasteiger partial charge in [-0.15, -0.1) is 0 Å². The standard InChI is InChI=1S/C23H28FN3O6S/c1-17-16-26(8-13-32-17)23(28)15-25-21-14-20(34(29,30)27-9-11-31-12-10-27)6-7-22(21)33-19-4-2-18(24)3-5-19/h2-7,14,17,25H,8-13,15-16H2,1H3. The van der Waals surface area contributed by atoms with Crippen LogP contribution in [-0.2, 0) is 24.3 Å². The number of hydrogen-bond acceptors (Lipinski definition) is 7. The van der Waals surface area contributed by atoms with E-state index < -0.39 is 15.8 Å². The zero-order valence-electron chi connectivity index (χ0n) is 18.9. The molecule has 2 fully saturated rings. The highest BCUT2D eigenvalue weighted by atomic mass is 32.2. The summed E-state index contributed by atoms with van der Waals surface area (Å²) in [4.78, 5) is 14.5. The molecule has 1 amide bonds. The fourth-order valence-electron chi connectivity index (χ4n) is 3.79. The molecule has 2 heterocycles. The van der Waals surface area contributed by atoms with Gasteiger partial charge in [0.05, 0.1) is 43.1 Å². The first-order valence-corrected chi connectivity index (χ1v) is 12.6. The van der Waals surface area contributed by atoms with Crippen LogP contribution in [0.4, 0.5) is 10.1 Å². The van der Waals surface area contributed by atoms with E-state index in [1.165, 1.54) is 46.8 Å². The Labute approximate surface area is 198 Å². The molecule has 2 saturated heterocycles. The van der Waals surface area contributed by atoms with Gasteiger partial charge in [-0.05, 0) is 49.4 Å². The van der Waals surface area contributed by atoms with Gasteiger partial charge in [-0.2, -0.15) is 4.31 Å². The molecule has 2 aliphatic rings. The molecule has 4 rings (SSSR count). The highest BCUT2D eigenvalue weighted by molar-refractivity contribution is 7.89. The van der Waals surface area contributed by atoms with Crippen molar-refractivity contribution in [3.05, 3.63) is 48.3 Å². The molecular formula is C23H28FN3O6S. The third kappa shape index (κ3) is 5.84. The van der Waals surface area contributed by atoms with Gasteiger partial charge >= 0.3 is 0 Å². The Bertz CT molecular complexity index is 1110. The molecule has 1 atom stereocenters. The molecule has 2 aromatic carbocycles. The van der Waals surface area contributed by atoms with Gasteiger partial charge in [0.15, 0.2) is 5.75 Å². The van der Waals surface area contributed by atoms with Crippen molar-refractivity contribution < 1.29 is 31.8 Å². The molecule has 2 aliphatic heterocycles. The van der Waals surface area contributed by atoms with Gasteiger partial charge in [-0.1, -0.05) is 0 Å². The SMILES string of the molecule is CC1CN(C(=O)CNc2cc(S(=O)(=O)N3CCOCC3)ccc2Oc2ccc(F)cc2)CCO1. The first-order chi connectivity index (χ1) is 16.3. The number of ether oxygens (including phenoxy) is 3. The van der Waals surface area contributed by atoms with Crippen molar-refractivity contribution in [3.8, 4) is 11.5 Å². The van der Waals surface area contributed by atoms with Gasteiger partial charge in [0.25, 0.3) is 0 Å². The van der Waals surface area contributed by atoms with Gasteiger partial charge in [0.2, 0.25) is 15.9 Å². The van der Waals surface area contributed by atoms with E-state index in [-0.39, 0.29) is 36.5 Å². The molecule has 0 aliphatic carbocycles. The Balaban J connectivity index is 1.57. The monoisotopic (exact) mass is 493 g/mol. The Hall–Kier alpha value is -2.73. The smallest absolute Gasteiger partial charge is 0.243 e. The molecule has 0 aromatic heterocycles. The summed E-state index contributed by atoms with van der Waals surface area (Å²) in [6, 6.07) is 9.92. The van der Waals surface area contributed by atoms with Gasteiger partial charge in [-0.25, -0.2) is 12.8 Å². The molecular weight excluding hydrogens is 465 g/mol. The van der Waals surface area contributed by atoms with Crippen LogP contribution in [0.3, 0.4) is 0 Å². The number of rotatable bonds is 7. The van der Waals surface area contributed by atoms with Gasteiger partial charge in [0.1, 0.15) is 11.6 Å². The van der Waals surface area contributed by atoms with Crippen LogP contribution >= 0.6 is 0 Å². The van der Waals surface area contributed by atoms with Crippen LogP contribution < -0.4 is 10.1 Å². The maximum atomic E-state index is 13.3. The van der Waals surface area contributed by atoms with Gasteiger partial charge in [-0.3, -0.25) is 4.79 Å². The van der Waals surface area contributed by atoms with E-state index >= 15 is 0 Å². The minimum Gasteiger partial charge on any atom is -0.455 e. The molecule has 1 unspecified atom stereocenters. The van der Waals surface area contributed by atoms with Crippen LogP contribution in [0.25, 0.3) is 0 Å². The molecule has 11 heteroatoms. The maximum Gasteiger partial charge on any atom is 0.243 e. The molecule has 184 valence electrons. The molecule has 0 saturated carbocycles. The maximum absolute atomic E-state index is 13.3. The fourth-order valence-corrected chi connectivity index (χ4v) is 5.22. The lowest BCUT2D eigenvalue weighted by Crippen LogP contribution is -2.46. The van der Waals surface area contributed by atoms with Crippen molar-refractivity contribution in [1.82, 2.24) is 9.21 Å². The van der Waals surface area contributed by atoms with Crippen molar-refractivity contribution in [2.75, 3.05) is 57.9 Å². The number of carbonyl (C=O) groups is 1. The third-order valence-electron chi connectivity index (χ3n) is 5.62. The summed E-state index contributed by atoms with van der Waals surface area (Å²) in [6.07, 6.45) is -0.0444. The van der Waals surface area contributed by atoms with E-state index in [0.717, 1.165) is 0 Å². The lowest BCUT2D eigenvalue weighted by Gasteiger charge is -2.31. The van der Waals surface area contributed by atoms with Crippen molar-refractivity contribution in [2.24, 2.45) is 0 Å². The summed E-state index contributed by atoms with van der Waals surface area (Å²) in [5.41, 5.74) is 0.341. The largest absolute Gasteiger partial charge is 0.455 e. The first-order valence-electron chi connectivity index (χ1n) is 11.1. The van der Waals surface area contributed by atoms with Crippen molar-refractivity contribution >= 4 is 21.6 Å². The van der Waals surface area contributed by atoms with E-state index in [1.807, 2.05) is 6.92 Å². The van der Waals surface area contributed by atoms with E-state index in [4.69, 9.17) is 14.2 Å². The summed E-state index contributed by atoms with van der Waals surface area (Å²) in [7, 11) is -3.75. The highest BCUT2D eigenvalue weighted by Crippen LogP contribution is 2.33. The van der Waals surface area contributed by atoms with Crippen LogP contribution in [0.5, 0.6) is 11.5 Å². The zero-order chi connectivity index (χ0) is 24.1. The summed E-state index contributed by atoms with van der Waals surface area (Å²) < 4.78 is 57.5. The van der Waals surface area contributed by atoms with Crippen LogP contribution in [-0.4, -0.2) is 82.2 Å². The number of anilines is 1. The molecule has 0 radical (unpaired) electrons. The first kappa shape index (κ1) is 24.4. The number of carbonyl (C=O) groups excluding carboxylic acids is 1. The van der Waals surface area contributed by atoms with Crippen LogP contribution in [0.15, 0.2) is 47.4 Å². The highest BCUT2D eigenvalue weighted by Gasteiger charge is 2.28. The van der Waals surface area contributed by atoms with Gasteiger partial charge < -0.3 is 24.4 Å². The number of nitrogens with zero attached hydrogens (tertiary/aromatic N) is 2. The average molecular weight is 494 g/mol. The lowest BCUT2D eigenvalue weighted by atomic mass is 10.2. The summed E-state index contributed by atoms with van der Waals surface area (Å²) in [5, 5.41) is 3.03. The van der Waals surface area contributed by atoms with Crippen LogP contribution in [0, 0.1) is 5.82 Å². The minimum absolute atomic E-state index is 0.0444. The van der Waals surface area contributed by atoms with Crippen molar-refractivity contribution in [1.29, 1.82) is 0 Å². The fraction of sp³-hybridized carbons (Fsp3) is 0.435. The van der Waals surface area contributed by atoms with Gasteiger partial charge in [0, 0.05) is 26.2 Å². The number of sulfonamides is 1. The zero-order valence-corrected chi connectivity index (χ0v) is 19.7. The summed E-state index contributed by atoms with van der Waals surface area (Å²) >= 11 is 0. The average Bonchev–Trinajstić information content (AvgIpc) is 2.85. The molecule has 2 aromatic rings. The second-order valence-electron chi connectivity index (χ2n) is 8.11. The third-order valence-corrected chi connectivity index (χ3v) is 7.52. The Morgan fingerprint density at radius 2 is 1.85 bits per heavy atom. The second-order valence-corrected chi connectivity index (χ2v) is 10.0. The minimum atomic E-state index is -3.75. The predicted molar refractivity (Wildman–Crippen MR) is 123 cm³/mol. The summed E-state index contributed by atoms with van der Waals surface area (Å²) in [6.45, 7) is 4.53. The molecule has 0 bridgehead atoms. The Morgan fingerprint density at radius 1 is 1.12 bits per heavy atom. The van der Waals surface area contributed by atoms with Crippen LogP contribution in [0.2, 0.25) is 0 Å². The van der Waals surface area contributed by atoms with Crippen LogP contribution in [0.1, 0.15) is 6.92 Å². The number of nitrogens with one attached hydrogen (secondary N) is 1. The number of hydrogen-bond donors (Lipinski definition) is 1. The van der Waals surface area contributed by atoms with Crippen molar-refractivity contribution in [3.63, 3.8) is 0 Å². The van der Waals surface area contributed by atoms with E-state index in [0.29, 0.717) is 50.1 Å². The molecule has 9 nitrogen and oxygen atoms in total.